The van der Waals surface area contributed by atoms with Gasteiger partial charge in [0.05, 0.1) is 12.7 Å². The Balaban J connectivity index is 1.50. The molecule has 1 aromatic heterocycles. The van der Waals surface area contributed by atoms with Crippen LogP contribution in [0.5, 0.6) is 34.5 Å². The Hall–Kier alpha value is -3.91. The molecule has 4 unspecified atom stereocenters. The van der Waals surface area contributed by atoms with E-state index in [9.17, 15) is 61.0 Å². The number of fused-ring (bicyclic) bond motifs is 1. The molecule has 17 nitrogen and oxygen atoms in total. The molecule has 17 heteroatoms. The lowest BCUT2D eigenvalue weighted by atomic mass is 9.98. The Kier molecular flexibility index (Phi) is 8.51. The molecule has 0 aliphatic carbocycles. The van der Waals surface area contributed by atoms with E-state index in [4.69, 9.17) is 23.4 Å². The topological polar surface area (TPSA) is 290 Å². The smallest absolute Gasteiger partial charge is 0.239 e. The highest BCUT2D eigenvalue weighted by atomic mass is 16.7. The molecule has 2 aromatic carbocycles. The Morgan fingerprint density at radius 1 is 0.727 bits per heavy atom. The third-order valence-corrected chi connectivity index (χ3v) is 7.39. The van der Waals surface area contributed by atoms with Crippen LogP contribution in [-0.4, -0.2) is 124 Å². The van der Waals surface area contributed by atoms with E-state index in [1.54, 1.807) is 0 Å². The summed E-state index contributed by atoms with van der Waals surface area (Å²) in [6.45, 7) is 0.770. The van der Waals surface area contributed by atoms with Gasteiger partial charge < -0.3 is 79.5 Å². The predicted molar refractivity (Wildman–Crippen MR) is 142 cm³/mol. The zero-order valence-corrected chi connectivity index (χ0v) is 22.7. The van der Waals surface area contributed by atoms with Crippen molar-refractivity contribution in [2.75, 3.05) is 6.61 Å². The maximum Gasteiger partial charge on any atom is 0.239 e. The van der Waals surface area contributed by atoms with E-state index < -0.39 is 119 Å². The highest BCUT2D eigenvalue weighted by Gasteiger charge is 2.48. The van der Waals surface area contributed by atoms with E-state index in [2.05, 4.69) is 0 Å². The van der Waals surface area contributed by atoms with Crippen LogP contribution < -0.4 is 10.2 Å². The summed E-state index contributed by atoms with van der Waals surface area (Å²) in [6, 6.07) is 3.56. The monoisotopic (exact) mass is 626 g/mol. The van der Waals surface area contributed by atoms with Gasteiger partial charge in [0, 0.05) is 17.7 Å². The summed E-state index contributed by atoms with van der Waals surface area (Å²) in [5, 5.41) is 111. The van der Waals surface area contributed by atoms with Gasteiger partial charge in [0.1, 0.15) is 65.2 Å². The zero-order valence-electron chi connectivity index (χ0n) is 22.7. The average Bonchev–Trinajstić information content (AvgIpc) is 2.97. The molecule has 240 valence electrons. The minimum atomic E-state index is -2.02. The van der Waals surface area contributed by atoms with Crippen LogP contribution in [0.4, 0.5) is 0 Å². The number of hydrogen-bond acceptors (Lipinski definition) is 17. The number of ether oxygens (including phenoxy) is 4. The van der Waals surface area contributed by atoms with Crippen LogP contribution in [-0.2, 0) is 14.2 Å². The van der Waals surface area contributed by atoms with Crippen molar-refractivity contribution in [3.63, 3.8) is 0 Å². The normalized spacial score (nSPS) is 32.5. The van der Waals surface area contributed by atoms with E-state index >= 15 is 0 Å². The van der Waals surface area contributed by atoms with Crippen molar-refractivity contribution in [1.82, 2.24) is 0 Å². The number of phenolic OH excluding ortho intramolecular Hbond substituents is 5. The Labute approximate surface area is 246 Å². The van der Waals surface area contributed by atoms with Crippen LogP contribution in [0.2, 0.25) is 0 Å². The third kappa shape index (κ3) is 5.56. The summed E-state index contributed by atoms with van der Waals surface area (Å²) >= 11 is 0. The van der Waals surface area contributed by atoms with Crippen molar-refractivity contribution in [2.45, 2.75) is 68.3 Å². The maximum absolute atomic E-state index is 13.6. The quantitative estimate of drug-likeness (QED) is 0.132. The number of aliphatic hydroxyl groups is 6. The van der Waals surface area contributed by atoms with Crippen LogP contribution in [0.1, 0.15) is 6.92 Å². The van der Waals surface area contributed by atoms with Gasteiger partial charge >= 0.3 is 0 Å². The molecular weight excluding hydrogens is 596 g/mol. The summed E-state index contributed by atoms with van der Waals surface area (Å²) in [6.07, 6.45) is -16.5. The summed E-state index contributed by atoms with van der Waals surface area (Å²) in [5.41, 5.74) is -1.74. The average molecular weight is 627 g/mol. The van der Waals surface area contributed by atoms with Gasteiger partial charge in [-0.15, -0.1) is 0 Å². The number of aromatic hydroxyl groups is 5. The van der Waals surface area contributed by atoms with Gasteiger partial charge in [0.15, 0.2) is 29.3 Å². The van der Waals surface area contributed by atoms with Crippen LogP contribution in [0, 0.1) is 0 Å². The maximum atomic E-state index is 13.6. The SMILES string of the molecule is CC1O[C@@H](OCC2O[C@H](Oc3c(-c4cc(O)c(O)c(O)c4)oc4cc(O)cc(O)c4c3=O)[C@H](O)C(O)[C@H]2O)[C@@H](O)C(O)[C@H]1O. The fraction of sp³-hybridized carbons (Fsp3) is 0.444. The van der Waals surface area contributed by atoms with E-state index in [0.717, 1.165) is 24.3 Å². The van der Waals surface area contributed by atoms with E-state index in [1.165, 1.54) is 6.92 Å². The van der Waals surface area contributed by atoms with Crippen molar-refractivity contribution in [2.24, 2.45) is 0 Å². The first-order valence-corrected chi connectivity index (χ1v) is 13.1. The summed E-state index contributed by atoms with van der Waals surface area (Å²) < 4.78 is 27.7. The standard InChI is InChI=1S/C27H30O17/c1-7-16(32)20(36)22(38)26(41-7)40-6-14-18(34)21(37)23(39)27(43-14)44-25-19(35)15-10(29)4-9(28)5-13(15)42-24(25)8-2-11(30)17(33)12(31)3-8/h2-5,7,14,16,18,20-23,26-34,36-39H,6H2,1H3/t7?,14?,16-,18-,20?,21?,22-,23+,26+,27+/m0/s1. The fourth-order valence-corrected chi connectivity index (χ4v) is 4.91. The second kappa shape index (κ2) is 11.9. The summed E-state index contributed by atoms with van der Waals surface area (Å²) in [7, 11) is 0. The first kappa shape index (κ1) is 31.5. The Morgan fingerprint density at radius 2 is 1.34 bits per heavy atom. The summed E-state index contributed by atoms with van der Waals surface area (Å²) in [5.74, 6) is -5.16. The first-order valence-electron chi connectivity index (χ1n) is 13.1. The molecule has 0 bridgehead atoms. The van der Waals surface area contributed by atoms with Crippen LogP contribution >= 0.6 is 0 Å². The minimum absolute atomic E-state index is 0.265. The fourth-order valence-electron chi connectivity index (χ4n) is 4.91. The molecule has 0 amide bonds. The van der Waals surface area contributed by atoms with Gasteiger partial charge in [0.25, 0.3) is 0 Å². The van der Waals surface area contributed by atoms with Crippen molar-refractivity contribution < 1.29 is 79.5 Å². The highest BCUT2D eigenvalue weighted by molar-refractivity contribution is 5.88. The third-order valence-electron chi connectivity index (χ3n) is 7.39. The molecule has 2 aliphatic rings. The molecule has 3 aromatic rings. The lowest BCUT2D eigenvalue weighted by Gasteiger charge is -2.42. The van der Waals surface area contributed by atoms with Gasteiger partial charge in [-0.25, -0.2) is 0 Å². The Bertz CT molecular complexity index is 1570. The predicted octanol–water partition coefficient (Wildman–Crippen LogP) is -1.98. The molecule has 0 spiro atoms. The van der Waals surface area contributed by atoms with Crippen molar-refractivity contribution >= 4 is 11.0 Å². The van der Waals surface area contributed by atoms with Crippen LogP contribution in [0.3, 0.4) is 0 Å². The van der Waals surface area contributed by atoms with E-state index in [1.807, 2.05) is 0 Å². The number of hydrogen-bond donors (Lipinski definition) is 11. The molecule has 3 heterocycles. The number of phenols is 5. The van der Waals surface area contributed by atoms with Crippen LogP contribution in [0.15, 0.2) is 33.5 Å². The second-order valence-corrected chi connectivity index (χ2v) is 10.4. The molecule has 44 heavy (non-hydrogen) atoms. The molecule has 0 saturated carbocycles. The Morgan fingerprint density at radius 3 is 2.00 bits per heavy atom. The molecular formula is C27H30O17. The van der Waals surface area contributed by atoms with E-state index in [-0.39, 0.29) is 11.1 Å². The zero-order chi connectivity index (χ0) is 32.2. The first-order chi connectivity index (χ1) is 20.7. The van der Waals surface area contributed by atoms with Gasteiger partial charge in [0.2, 0.25) is 17.5 Å². The van der Waals surface area contributed by atoms with Crippen molar-refractivity contribution in [1.29, 1.82) is 0 Å². The molecule has 2 aliphatic heterocycles. The van der Waals surface area contributed by atoms with Gasteiger partial charge in [-0.3, -0.25) is 4.79 Å². The second-order valence-electron chi connectivity index (χ2n) is 10.4. The number of rotatable bonds is 6. The lowest BCUT2D eigenvalue weighted by Crippen LogP contribution is -2.61. The van der Waals surface area contributed by atoms with Gasteiger partial charge in [-0.05, 0) is 19.1 Å². The molecule has 0 radical (unpaired) electrons. The number of benzene rings is 2. The molecule has 2 fully saturated rings. The van der Waals surface area contributed by atoms with E-state index in [0.29, 0.717) is 0 Å². The van der Waals surface area contributed by atoms with Crippen molar-refractivity contribution in [3.8, 4) is 45.8 Å². The van der Waals surface area contributed by atoms with Gasteiger partial charge in [-0.2, -0.15) is 0 Å². The highest BCUT2D eigenvalue weighted by Crippen LogP contribution is 2.43. The van der Waals surface area contributed by atoms with Crippen LogP contribution in [0.25, 0.3) is 22.3 Å². The molecule has 11 N–H and O–H groups in total. The molecule has 2 saturated heterocycles. The molecule has 10 atom stereocenters. The minimum Gasteiger partial charge on any atom is -0.508 e. The molecule has 5 rings (SSSR count). The van der Waals surface area contributed by atoms with Crippen molar-refractivity contribution in [3.05, 3.63) is 34.5 Å². The van der Waals surface area contributed by atoms with Gasteiger partial charge in [-0.1, -0.05) is 0 Å². The largest absolute Gasteiger partial charge is 0.508 e. The number of aliphatic hydroxyl groups excluding tert-OH is 6. The summed E-state index contributed by atoms with van der Waals surface area (Å²) in [4.78, 5) is 13.6. The lowest BCUT2D eigenvalue weighted by molar-refractivity contribution is -0.318.